The third-order valence-corrected chi connectivity index (χ3v) is 4.71. The molecular formula is C22H15N3O. The lowest BCUT2D eigenvalue weighted by atomic mass is 9.99. The lowest BCUT2D eigenvalue weighted by Crippen LogP contribution is -2.12. The first-order valence-electron chi connectivity index (χ1n) is 8.44. The van der Waals surface area contributed by atoms with Crippen LogP contribution >= 0.6 is 0 Å². The van der Waals surface area contributed by atoms with Crippen molar-refractivity contribution in [3.05, 3.63) is 84.6 Å². The van der Waals surface area contributed by atoms with E-state index < -0.39 is 0 Å². The minimum atomic E-state index is -0.126. The van der Waals surface area contributed by atoms with Crippen LogP contribution in [0.15, 0.2) is 79.0 Å². The lowest BCUT2D eigenvalue weighted by molar-refractivity contribution is 0.102. The quantitative estimate of drug-likeness (QED) is 0.439. The summed E-state index contributed by atoms with van der Waals surface area (Å²) in [6.45, 7) is 0. The SMILES string of the molecule is O=C(Nc1cc2[nH]ncc2c2cc3ccccc3cc12)c1ccccc1. The van der Waals surface area contributed by atoms with E-state index in [1.807, 2.05) is 54.7 Å². The molecule has 4 nitrogen and oxygen atoms in total. The first-order valence-corrected chi connectivity index (χ1v) is 8.44. The van der Waals surface area contributed by atoms with Gasteiger partial charge in [-0.2, -0.15) is 5.10 Å². The number of aromatic nitrogens is 2. The highest BCUT2D eigenvalue weighted by molar-refractivity contribution is 6.19. The van der Waals surface area contributed by atoms with Crippen molar-refractivity contribution in [1.29, 1.82) is 0 Å². The zero-order chi connectivity index (χ0) is 17.5. The molecule has 0 bridgehead atoms. The molecule has 0 aliphatic heterocycles. The molecule has 0 fully saturated rings. The van der Waals surface area contributed by atoms with E-state index in [-0.39, 0.29) is 5.91 Å². The number of carbonyl (C=O) groups is 1. The number of hydrogen-bond acceptors (Lipinski definition) is 2. The van der Waals surface area contributed by atoms with E-state index in [0.29, 0.717) is 5.56 Å². The van der Waals surface area contributed by atoms with E-state index >= 15 is 0 Å². The summed E-state index contributed by atoms with van der Waals surface area (Å²) in [6.07, 6.45) is 1.83. The molecule has 1 amide bonds. The molecule has 1 aromatic heterocycles. The first kappa shape index (κ1) is 14.7. The monoisotopic (exact) mass is 337 g/mol. The lowest BCUT2D eigenvalue weighted by Gasteiger charge is -2.11. The molecular weight excluding hydrogens is 322 g/mol. The Morgan fingerprint density at radius 2 is 1.50 bits per heavy atom. The number of carbonyl (C=O) groups excluding carboxylic acids is 1. The van der Waals surface area contributed by atoms with Gasteiger partial charge < -0.3 is 5.32 Å². The number of aromatic amines is 1. The summed E-state index contributed by atoms with van der Waals surface area (Å²) in [5.74, 6) is -0.126. The summed E-state index contributed by atoms with van der Waals surface area (Å²) in [5, 5.41) is 15.7. The van der Waals surface area contributed by atoms with Gasteiger partial charge in [0.25, 0.3) is 5.91 Å². The molecule has 2 N–H and O–H groups in total. The van der Waals surface area contributed by atoms with Crippen LogP contribution in [0.3, 0.4) is 0 Å². The molecule has 5 aromatic rings. The maximum atomic E-state index is 12.7. The van der Waals surface area contributed by atoms with Crippen LogP contribution in [0, 0.1) is 0 Å². The second kappa shape index (κ2) is 5.70. The van der Waals surface area contributed by atoms with Gasteiger partial charge in [0.2, 0.25) is 0 Å². The summed E-state index contributed by atoms with van der Waals surface area (Å²) in [4.78, 5) is 12.7. The second-order valence-electron chi connectivity index (χ2n) is 6.32. The van der Waals surface area contributed by atoms with Gasteiger partial charge in [-0.1, -0.05) is 42.5 Å². The van der Waals surface area contributed by atoms with Gasteiger partial charge in [0.05, 0.1) is 17.4 Å². The van der Waals surface area contributed by atoms with Gasteiger partial charge in [-0.05, 0) is 46.5 Å². The Morgan fingerprint density at radius 3 is 2.27 bits per heavy atom. The van der Waals surface area contributed by atoms with Crippen molar-refractivity contribution in [1.82, 2.24) is 10.2 Å². The smallest absolute Gasteiger partial charge is 0.255 e. The fourth-order valence-corrected chi connectivity index (χ4v) is 3.42. The molecule has 0 atom stereocenters. The van der Waals surface area contributed by atoms with E-state index in [1.165, 1.54) is 0 Å². The number of benzene rings is 4. The van der Waals surface area contributed by atoms with Crippen molar-refractivity contribution < 1.29 is 4.79 Å². The minimum Gasteiger partial charge on any atom is -0.321 e. The normalized spacial score (nSPS) is 11.2. The standard InChI is InChI=1S/C22H15N3O/c26-22(14-6-2-1-3-7-14)24-20-12-21-19(13-23-25-21)17-10-15-8-4-5-9-16(15)11-18(17)20/h1-13H,(H,23,25)(H,24,26). The summed E-state index contributed by atoms with van der Waals surface area (Å²) in [5.41, 5.74) is 2.30. The molecule has 124 valence electrons. The highest BCUT2D eigenvalue weighted by Gasteiger charge is 2.13. The van der Waals surface area contributed by atoms with E-state index in [1.54, 1.807) is 0 Å². The molecule has 4 heteroatoms. The van der Waals surface area contributed by atoms with Crippen molar-refractivity contribution >= 4 is 44.0 Å². The van der Waals surface area contributed by atoms with Gasteiger partial charge >= 0.3 is 0 Å². The van der Waals surface area contributed by atoms with Gasteiger partial charge in [-0.3, -0.25) is 9.89 Å². The number of hydrogen-bond donors (Lipinski definition) is 2. The van der Waals surface area contributed by atoms with Crippen LogP contribution < -0.4 is 5.32 Å². The molecule has 0 radical (unpaired) electrons. The van der Waals surface area contributed by atoms with Crippen molar-refractivity contribution in [2.75, 3.05) is 5.32 Å². The highest BCUT2D eigenvalue weighted by Crippen LogP contribution is 2.34. The molecule has 0 aliphatic carbocycles. The van der Waals surface area contributed by atoms with Gasteiger partial charge in [-0.15, -0.1) is 0 Å². The Balaban J connectivity index is 1.74. The van der Waals surface area contributed by atoms with Crippen LogP contribution in [0.25, 0.3) is 32.4 Å². The summed E-state index contributed by atoms with van der Waals surface area (Å²) >= 11 is 0. The number of amides is 1. The summed E-state index contributed by atoms with van der Waals surface area (Å²) in [7, 11) is 0. The number of nitrogens with one attached hydrogen (secondary N) is 2. The zero-order valence-corrected chi connectivity index (χ0v) is 13.9. The Labute approximate surface area is 149 Å². The van der Waals surface area contributed by atoms with Gasteiger partial charge in [0.1, 0.15) is 0 Å². The minimum absolute atomic E-state index is 0.126. The molecule has 4 aromatic carbocycles. The second-order valence-corrected chi connectivity index (χ2v) is 6.32. The van der Waals surface area contributed by atoms with E-state index in [9.17, 15) is 4.79 Å². The molecule has 0 saturated carbocycles. The van der Waals surface area contributed by atoms with Gasteiger partial charge in [-0.25, -0.2) is 0 Å². The van der Waals surface area contributed by atoms with E-state index in [4.69, 9.17) is 0 Å². The van der Waals surface area contributed by atoms with Crippen molar-refractivity contribution in [2.45, 2.75) is 0 Å². The fourth-order valence-electron chi connectivity index (χ4n) is 3.42. The maximum Gasteiger partial charge on any atom is 0.255 e. The van der Waals surface area contributed by atoms with E-state index in [0.717, 1.165) is 38.1 Å². The van der Waals surface area contributed by atoms with Crippen molar-refractivity contribution in [3.8, 4) is 0 Å². The number of anilines is 1. The molecule has 0 spiro atoms. The molecule has 1 heterocycles. The van der Waals surface area contributed by atoms with Crippen LogP contribution in [-0.4, -0.2) is 16.1 Å². The predicted molar refractivity (Wildman–Crippen MR) is 106 cm³/mol. The number of H-pyrrole nitrogens is 1. The molecule has 0 saturated heterocycles. The Morgan fingerprint density at radius 1 is 0.808 bits per heavy atom. The Hall–Kier alpha value is -3.66. The predicted octanol–water partition coefficient (Wildman–Crippen LogP) is 5.12. The zero-order valence-electron chi connectivity index (χ0n) is 13.9. The summed E-state index contributed by atoms with van der Waals surface area (Å²) in [6, 6.07) is 23.7. The largest absolute Gasteiger partial charge is 0.321 e. The topological polar surface area (TPSA) is 57.8 Å². The van der Waals surface area contributed by atoms with Gasteiger partial charge in [0, 0.05) is 16.3 Å². The molecule has 0 unspecified atom stereocenters. The third-order valence-electron chi connectivity index (χ3n) is 4.71. The fraction of sp³-hybridized carbons (Fsp3) is 0. The van der Waals surface area contributed by atoms with Crippen LogP contribution in [0.4, 0.5) is 5.69 Å². The Bertz CT molecular complexity index is 1270. The van der Waals surface area contributed by atoms with Crippen LogP contribution in [0.2, 0.25) is 0 Å². The Kier molecular flexibility index (Phi) is 3.22. The average Bonchev–Trinajstić information content (AvgIpc) is 3.16. The summed E-state index contributed by atoms with van der Waals surface area (Å²) < 4.78 is 0. The number of rotatable bonds is 2. The number of nitrogens with zero attached hydrogens (tertiary/aromatic N) is 1. The average molecular weight is 337 g/mol. The van der Waals surface area contributed by atoms with Crippen LogP contribution in [0.5, 0.6) is 0 Å². The van der Waals surface area contributed by atoms with E-state index in [2.05, 4.69) is 39.8 Å². The highest BCUT2D eigenvalue weighted by atomic mass is 16.1. The maximum absolute atomic E-state index is 12.7. The van der Waals surface area contributed by atoms with Crippen LogP contribution in [-0.2, 0) is 0 Å². The third kappa shape index (κ3) is 2.31. The molecule has 0 aliphatic rings. The van der Waals surface area contributed by atoms with Crippen molar-refractivity contribution in [3.63, 3.8) is 0 Å². The van der Waals surface area contributed by atoms with Crippen molar-refractivity contribution in [2.24, 2.45) is 0 Å². The molecule has 26 heavy (non-hydrogen) atoms. The first-order chi connectivity index (χ1) is 12.8. The molecule has 5 rings (SSSR count). The van der Waals surface area contributed by atoms with Crippen LogP contribution in [0.1, 0.15) is 10.4 Å². The number of fused-ring (bicyclic) bond motifs is 4. The van der Waals surface area contributed by atoms with Gasteiger partial charge in [0.15, 0.2) is 0 Å².